The maximum atomic E-state index is 11.5. The first-order valence-electron chi connectivity index (χ1n) is 5.22. The van der Waals surface area contributed by atoms with Crippen molar-refractivity contribution in [2.24, 2.45) is 5.92 Å². The van der Waals surface area contributed by atoms with Crippen molar-refractivity contribution in [1.29, 1.82) is 0 Å². The highest BCUT2D eigenvalue weighted by Crippen LogP contribution is 2.46. The van der Waals surface area contributed by atoms with E-state index in [4.69, 9.17) is 9.47 Å². The monoisotopic (exact) mass is 204 g/mol. The summed E-state index contributed by atoms with van der Waals surface area (Å²) >= 11 is 0. The van der Waals surface area contributed by atoms with Gasteiger partial charge in [-0.1, -0.05) is 18.2 Å². The van der Waals surface area contributed by atoms with Crippen LogP contribution in [0, 0.1) is 5.92 Å². The number of hydrogen-bond acceptors (Lipinski definition) is 3. The van der Waals surface area contributed by atoms with Gasteiger partial charge in [-0.3, -0.25) is 0 Å². The zero-order valence-corrected chi connectivity index (χ0v) is 8.26. The highest BCUT2D eigenvalue weighted by Gasteiger charge is 2.56. The van der Waals surface area contributed by atoms with Crippen molar-refractivity contribution >= 4 is 5.97 Å². The SMILES string of the molecule is O=C(OC[C@H]1C[C@@H]2O[C@H]12)c1ccccc1. The van der Waals surface area contributed by atoms with Gasteiger partial charge in [0.25, 0.3) is 0 Å². The van der Waals surface area contributed by atoms with Gasteiger partial charge in [-0.25, -0.2) is 4.79 Å². The lowest BCUT2D eigenvalue weighted by Gasteiger charge is -2.19. The third-order valence-corrected chi connectivity index (χ3v) is 3.06. The molecule has 1 saturated carbocycles. The average Bonchev–Trinajstić information content (AvgIpc) is 2.91. The summed E-state index contributed by atoms with van der Waals surface area (Å²) in [6.07, 6.45) is 1.91. The summed E-state index contributed by atoms with van der Waals surface area (Å²) in [5, 5.41) is 0. The van der Waals surface area contributed by atoms with Crippen molar-refractivity contribution in [3.05, 3.63) is 35.9 Å². The molecule has 0 amide bonds. The fraction of sp³-hybridized carbons (Fsp3) is 0.417. The standard InChI is InChI=1S/C12H12O3/c13-12(8-4-2-1-3-5-8)14-7-9-6-10-11(9)15-10/h1-5,9-11H,6-7H2/t9-,10+,11-/m1/s1. The van der Waals surface area contributed by atoms with Crippen molar-refractivity contribution in [2.75, 3.05) is 6.61 Å². The molecule has 0 spiro atoms. The van der Waals surface area contributed by atoms with Gasteiger partial charge in [0.05, 0.1) is 24.4 Å². The van der Waals surface area contributed by atoms with Crippen LogP contribution >= 0.6 is 0 Å². The van der Waals surface area contributed by atoms with Crippen LogP contribution in [0.25, 0.3) is 0 Å². The van der Waals surface area contributed by atoms with Crippen LogP contribution in [0.4, 0.5) is 0 Å². The van der Waals surface area contributed by atoms with Crippen molar-refractivity contribution < 1.29 is 14.3 Å². The summed E-state index contributed by atoms with van der Waals surface area (Å²) in [7, 11) is 0. The van der Waals surface area contributed by atoms with Gasteiger partial charge in [0.2, 0.25) is 0 Å². The van der Waals surface area contributed by atoms with Crippen molar-refractivity contribution in [2.45, 2.75) is 18.6 Å². The van der Waals surface area contributed by atoms with Gasteiger partial charge in [-0.05, 0) is 18.6 Å². The number of benzene rings is 1. The van der Waals surface area contributed by atoms with Crippen LogP contribution in [-0.2, 0) is 9.47 Å². The minimum Gasteiger partial charge on any atom is -0.462 e. The summed E-state index contributed by atoms with van der Waals surface area (Å²) < 4.78 is 10.5. The minimum atomic E-state index is -0.236. The molecule has 2 fully saturated rings. The van der Waals surface area contributed by atoms with Crippen molar-refractivity contribution in [3.8, 4) is 0 Å². The van der Waals surface area contributed by atoms with Gasteiger partial charge >= 0.3 is 5.97 Å². The van der Waals surface area contributed by atoms with E-state index in [0.29, 0.717) is 30.3 Å². The molecule has 1 aromatic carbocycles. The number of fused-ring (bicyclic) bond motifs is 1. The molecule has 3 nitrogen and oxygen atoms in total. The molecule has 15 heavy (non-hydrogen) atoms. The van der Waals surface area contributed by atoms with E-state index in [1.165, 1.54) is 0 Å². The molecule has 2 aliphatic rings. The summed E-state index contributed by atoms with van der Waals surface area (Å²) in [5.41, 5.74) is 0.616. The molecular weight excluding hydrogens is 192 g/mol. The molecule has 0 radical (unpaired) electrons. The molecule has 1 aromatic rings. The van der Waals surface area contributed by atoms with Crippen molar-refractivity contribution in [1.82, 2.24) is 0 Å². The second-order valence-electron chi connectivity index (χ2n) is 4.10. The Morgan fingerprint density at radius 2 is 2.20 bits per heavy atom. The molecule has 0 bridgehead atoms. The number of carbonyl (C=O) groups is 1. The van der Waals surface area contributed by atoms with Crippen LogP contribution in [0.2, 0.25) is 0 Å². The Kier molecular flexibility index (Phi) is 1.99. The highest BCUT2D eigenvalue weighted by molar-refractivity contribution is 5.89. The second-order valence-corrected chi connectivity index (χ2v) is 4.10. The molecule has 3 atom stereocenters. The van der Waals surface area contributed by atoms with Crippen molar-refractivity contribution in [3.63, 3.8) is 0 Å². The second kappa shape index (κ2) is 3.35. The first kappa shape index (κ1) is 8.92. The third-order valence-electron chi connectivity index (χ3n) is 3.06. The molecule has 3 rings (SSSR count). The van der Waals surface area contributed by atoms with Gasteiger partial charge in [-0.2, -0.15) is 0 Å². The summed E-state index contributed by atoms with van der Waals surface area (Å²) in [4.78, 5) is 11.5. The Morgan fingerprint density at radius 3 is 2.80 bits per heavy atom. The molecule has 1 heterocycles. The number of ether oxygens (including phenoxy) is 2. The highest BCUT2D eigenvalue weighted by atomic mass is 16.6. The Morgan fingerprint density at radius 1 is 1.40 bits per heavy atom. The smallest absolute Gasteiger partial charge is 0.338 e. The fourth-order valence-corrected chi connectivity index (χ4v) is 2.00. The zero-order chi connectivity index (χ0) is 10.3. The predicted molar refractivity (Wildman–Crippen MR) is 53.5 cm³/mol. The predicted octanol–water partition coefficient (Wildman–Crippen LogP) is 1.63. The van der Waals surface area contributed by atoms with Gasteiger partial charge in [0, 0.05) is 5.92 Å². The van der Waals surface area contributed by atoms with E-state index in [1.807, 2.05) is 18.2 Å². The molecule has 3 heteroatoms. The topological polar surface area (TPSA) is 38.8 Å². The first-order valence-corrected chi connectivity index (χ1v) is 5.22. The number of hydrogen-bond donors (Lipinski definition) is 0. The lowest BCUT2D eigenvalue weighted by molar-refractivity contribution is 0.0399. The van der Waals surface area contributed by atoms with E-state index in [1.54, 1.807) is 12.1 Å². The molecule has 78 valence electrons. The van der Waals surface area contributed by atoms with Gasteiger partial charge in [0.15, 0.2) is 0 Å². The quantitative estimate of drug-likeness (QED) is 0.555. The molecule has 0 aromatic heterocycles. The third kappa shape index (κ3) is 1.63. The number of rotatable bonds is 3. The Bertz CT molecular complexity index is 374. The Hall–Kier alpha value is -1.35. The molecule has 1 aliphatic heterocycles. The minimum absolute atomic E-state index is 0.236. The lowest BCUT2D eigenvalue weighted by Crippen LogP contribution is -2.29. The molecular formula is C12H12O3. The largest absolute Gasteiger partial charge is 0.462 e. The van der Waals surface area contributed by atoms with Crippen LogP contribution in [0.1, 0.15) is 16.8 Å². The van der Waals surface area contributed by atoms with Crippen LogP contribution < -0.4 is 0 Å². The Balaban J connectivity index is 1.52. The van der Waals surface area contributed by atoms with E-state index < -0.39 is 0 Å². The van der Waals surface area contributed by atoms with Crippen LogP contribution in [0.3, 0.4) is 0 Å². The average molecular weight is 204 g/mol. The number of esters is 1. The normalized spacial score (nSPS) is 31.3. The van der Waals surface area contributed by atoms with E-state index in [2.05, 4.69) is 0 Å². The van der Waals surface area contributed by atoms with Crippen LogP contribution in [-0.4, -0.2) is 24.8 Å². The fourth-order valence-electron chi connectivity index (χ4n) is 2.00. The van der Waals surface area contributed by atoms with E-state index >= 15 is 0 Å². The number of epoxide rings is 1. The van der Waals surface area contributed by atoms with E-state index in [-0.39, 0.29) is 5.97 Å². The molecule has 1 aliphatic carbocycles. The Labute approximate surface area is 88.0 Å². The summed E-state index contributed by atoms with van der Waals surface area (Å²) in [5.74, 6) is 0.197. The molecule has 1 saturated heterocycles. The first-order chi connectivity index (χ1) is 7.34. The van der Waals surface area contributed by atoms with Crippen LogP contribution in [0.15, 0.2) is 30.3 Å². The maximum Gasteiger partial charge on any atom is 0.338 e. The molecule has 0 unspecified atom stereocenters. The van der Waals surface area contributed by atoms with E-state index in [0.717, 1.165) is 6.42 Å². The summed E-state index contributed by atoms with van der Waals surface area (Å²) in [6, 6.07) is 9.07. The molecule has 0 N–H and O–H groups in total. The van der Waals surface area contributed by atoms with Crippen LogP contribution in [0.5, 0.6) is 0 Å². The zero-order valence-electron chi connectivity index (χ0n) is 8.26. The van der Waals surface area contributed by atoms with Gasteiger partial charge < -0.3 is 9.47 Å². The number of carbonyl (C=O) groups excluding carboxylic acids is 1. The van der Waals surface area contributed by atoms with Gasteiger partial charge in [-0.15, -0.1) is 0 Å². The lowest BCUT2D eigenvalue weighted by atomic mass is 9.86. The summed E-state index contributed by atoms with van der Waals surface area (Å²) in [6.45, 7) is 0.495. The van der Waals surface area contributed by atoms with Gasteiger partial charge in [0.1, 0.15) is 0 Å². The maximum absolute atomic E-state index is 11.5. The van der Waals surface area contributed by atoms with E-state index in [9.17, 15) is 4.79 Å².